The van der Waals surface area contributed by atoms with Crippen molar-refractivity contribution in [3.63, 3.8) is 0 Å². The lowest BCUT2D eigenvalue weighted by Crippen LogP contribution is -2.39. The van der Waals surface area contributed by atoms with E-state index in [2.05, 4.69) is 9.69 Å². The summed E-state index contributed by atoms with van der Waals surface area (Å²) in [6.45, 7) is 2.84. The number of carboxylic acids is 1. The molecule has 0 aromatic carbocycles. The topological polar surface area (TPSA) is 65.5 Å². The Morgan fingerprint density at radius 1 is 1.79 bits per heavy atom. The molecule has 1 aliphatic rings. The first-order valence-corrected chi connectivity index (χ1v) is 5.08. The fourth-order valence-corrected chi connectivity index (χ4v) is 2.21. The van der Waals surface area contributed by atoms with Crippen LogP contribution in [0, 0.1) is 0 Å². The number of anilines is 2. The number of nitrogens with zero attached hydrogens (tertiary/aromatic N) is 2. The van der Waals surface area contributed by atoms with Gasteiger partial charge in [0.1, 0.15) is 5.69 Å². The standard InChI is InChI=1S/C8H11N3O2S/c1-4-3-9-7-5(11(4)2)6(8(12)13)14-10-7/h4H,3H2,1-2H3,(H,9,10)(H,12,13)/t4-/m0/s1. The third-order valence-corrected chi connectivity index (χ3v) is 3.27. The molecule has 1 aliphatic heterocycles. The SMILES string of the molecule is C[C@H]1CNc2nsc(C(=O)O)c2N1C. The second-order valence-corrected chi connectivity index (χ2v) is 4.13. The van der Waals surface area contributed by atoms with Crippen LogP contribution in [-0.2, 0) is 0 Å². The first-order valence-electron chi connectivity index (χ1n) is 4.31. The van der Waals surface area contributed by atoms with E-state index in [0.717, 1.165) is 18.1 Å². The Morgan fingerprint density at radius 3 is 3.14 bits per heavy atom. The summed E-state index contributed by atoms with van der Waals surface area (Å²) in [6.07, 6.45) is 0. The Kier molecular flexibility index (Phi) is 2.07. The number of likely N-dealkylation sites (N-methyl/N-ethyl adjacent to an activating group) is 1. The van der Waals surface area contributed by atoms with Crippen molar-refractivity contribution in [3.05, 3.63) is 4.88 Å². The molecular formula is C8H11N3O2S. The fraction of sp³-hybridized carbons (Fsp3) is 0.500. The Balaban J connectivity index is 2.49. The van der Waals surface area contributed by atoms with E-state index in [1.54, 1.807) is 0 Å². The summed E-state index contributed by atoms with van der Waals surface area (Å²) in [5.74, 6) is -0.223. The van der Waals surface area contributed by atoms with Gasteiger partial charge in [-0.15, -0.1) is 0 Å². The third-order valence-electron chi connectivity index (χ3n) is 2.44. The highest BCUT2D eigenvalue weighted by atomic mass is 32.1. The van der Waals surface area contributed by atoms with Gasteiger partial charge in [0.2, 0.25) is 0 Å². The van der Waals surface area contributed by atoms with Crippen LogP contribution >= 0.6 is 11.5 Å². The number of rotatable bonds is 1. The van der Waals surface area contributed by atoms with Crippen molar-refractivity contribution >= 4 is 29.0 Å². The van der Waals surface area contributed by atoms with Crippen LogP contribution in [0.4, 0.5) is 11.5 Å². The van der Waals surface area contributed by atoms with E-state index < -0.39 is 5.97 Å². The van der Waals surface area contributed by atoms with Gasteiger partial charge in [0.25, 0.3) is 0 Å². The van der Waals surface area contributed by atoms with Crippen molar-refractivity contribution < 1.29 is 9.90 Å². The summed E-state index contributed by atoms with van der Waals surface area (Å²) >= 11 is 1.03. The van der Waals surface area contributed by atoms with Crippen LogP contribution in [0.1, 0.15) is 16.6 Å². The molecule has 2 rings (SSSR count). The van der Waals surface area contributed by atoms with Crippen LogP contribution in [0.3, 0.4) is 0 Å². The zero-order valence-corrected chi connectivity index (χ0v) is 8.76. The third kappa shape index (κ3) is 1.22. The largest absolute Gasteiger partial charge is 0.477 e. The Labute approximate surface area is 85.5 Å². The van der Waals surface area contributed by atoms with E-state index in [1.165, 1.54) is 0 Å². The maximum absolute atomic E-state index is 10.9. The van der Waals surface area contributed by atoms with Gasteiger partial charge in [-0.05, 0) is 18.5 Å². The van der Waals surface area contributed by atoms with E-state index in [0.29, 0.717) is 16.4 Å². The highest BCUT2D eigenvalue weighted by Gasteiger charge is 2.28. The highest BCUT2D eigenvalue weighted by molar-refractivity contribution is 7.09. The number of fused-ring (bicyclic) bond motifs is 1. The zero-order valence-electron chi connectivity index (χ0n) is 7.94. The molecule has 0 fully saturated rings. The van der Waals surface area contributed by atoms with Crippen LogP contribution in [0.5, 0.6) is 0 Å². The lowest BCUT2D eigenvalue weighted by molar-refractivity contribution is 0.0702. The van der Waals surface area contributed by atoms with E-state index in [4.69, 9.17) is 5.11 Å². The van der Waals surface area contributed by atoms with E-state index >= 15 is 0 Å². The van der Waals surface area contributed by atoms with E-state index in [1.807, 2.05) is 18.9 Å². The number of aromatic nitrogens is 1. The van der Waals surface area contributed by atoms with Crippen molar-refractivity contribution in [3.8, 4) is 0 Å². The molecule has 14 heavy (non-hydrogen) atoms. The molecular weight excluding hydrogens is 202 g/mol. The highest BCUT2D eigenvalue weighted by Crippen LogP contribution is 2.35. The number of carbonyl (C=O) groups is 1. The Morgan fingerprint density at radius 2 is 2.50 bits per heavy atom. The molecule has 76 valence electrons. The molecule has 1 aromatic heterocycles. The average Bonchev–Trinajstić information content (AvgIpc) is 2.55. The molecule has 6 heteroatoms. The number of carboxylic acid groups (broad SMARTS) is 1. The molecule has 0 saturated carbocycles. The van der Waals surface area contributed by atoms with Crippen molar-refractivity contribution in [1.82, 2.24) is 4.37 Å². The Hall–Kier alpha value is -1.30. The Bertz CT molecular complexity index is 377. The van der Waals surface area contributed by atoms with Crippen molar-refractivity contribution in [2.75, 3.05) is 23.8 Å². The summed E-state index contributed by atoms with van der Waals surface area (Å²) < 4.78 is 4.07. The van der Waals surface area contributed by atoms with Gasteiger partial charge in [0.15, 0.2) is 10.7 Å². The minimum absolute atomic E-state index is 0.289. The predicted molar refractivity (Wildman–Crippen MR) is 55.4 cm³/mol. The second-order valence-electron chi connectivity index (χ2n) is 3.35. The molecule has 1 atom stereocenters. The number of nitrogens with one attached hydrogen (secondary N) is 1. The monoisotopic (exact) mass is 213 g/mol. The molecule has 0 radical (unpaired) electrons. The summed E-state index contributed by atoms with van der Waals surface area (Å²) in [5.41, 5.74) is 0.709. The predicted octanol–water partition coefficient (Wildman–Crippen LogP) is 1.09. The minimum atomic E-state index is -0.911. The zero-order chi connectivity index (χ0) is 10.3. The minimum Gasteiger partial charge on any atom is -0.477 e. The lowest BCUT2D eigenvalue weighted by Gasteiger charge is -2.32. The number of hydrogen-bond acceptors (Lipinski definition) is 5. The molecule has 2 heterocycles. The van der Waals surface area contributed by atoms with Crippen molar-refractivity contribution in [2.45, 2.75) is 13.0 Å². The van der Waals surface area contributed by atoms with Crippen LogP contribution in [0.15, 0.2) is 0 Å². The van der Waals surface area contributed by atoms with Crippen LogP contribution < -0.4 is 10.2 Å². The molecule has 0 bridgehead atoms. The van der Waals surface area contributed by atoms with Gasteiger partial charge in [-0.3, -0.25) is 0 Å². The van der Waals surface area contributed by atoms with Crippen molar-refractivity contribution in [2.24, 2.45) is 0 Å². The fourth-order valence-electron chi connectivity index (χ4n) is 1.47. The summed E-state index contributed by atoms with van der Waals surface area (Å²) in [5, 5.41) is 12.1. The smallest absolute Gasteiger partial charge is 0.349 e. The lowest BCUT2D eigenvalue weighted by atomic mass is 10.2. The van der Waals surface area contributed by atoms with Crippen LogP contribution in [0.2, 0.25) is 0 Å². The van der Waals surface area contributed by atoms with Gasteiger partial charge < -0.3 is 15.3 Å². The number of hydrogen-bond donors (Lipinski definition) is 2. The van der Waals surface area contributed by atoms with Gasteiger partial charge in [-0.2, -0.15) is 4.37 Å². The second kappa shape index (κ2) is 3.13. The van der Waals surface area contributed by atoms with Gasteiger partial charge in [0, 0.05) is 19.6 Å². The molecule has 0 spiro atoms. The maximum atomic E-state index is 10.9. The summed E-state index contributed by atoms with van der Waals surface area (Å²) in [4.78, 5) is 13.2. The van der Waals surface area contributed by atoms with Gasteiger partial charge in [-0.1, -0.05) is 0 Å². The van der Waals surface area contributed by atoms with Crippen LogP contribution in [-0.4, -0.2) is 35.1 Å². The molecule has 1 aromatic rings. The molecule has 0 saturated heterocycles. The quantitative estimate of drug-likeness (QED) is 0.731. The summed E-state index contributed by atoms with van der Waals surface area (Å²) in [6, 6.07) is 0.289. The van der Waals surface area contributed by atoms with E-state index in [9.17, 15) is 4.79 Å². The molecule has 0 aliphatic carbocycles. The normalized spacial score (nSPS) is 20.1. The van der Waals surface area contributed by atoms with Crippen molar-refractivity contribution in [1.29, 1.82) is 0 Å². The first-order chi connectivity index (χ1) is 6.61. The average molecular weight is 213 g/mol. The maximum Gasteiger partial charge on any atom is 0.349 e. The van der Waals surface area contributed by atoms with Crippen LogP contribution in [0.25, 0.3) is 0 Å². The summed E-state index contributed by atoms with van der Waals surface area (Å²) in [7, 11) is 1.89. The molecule has 5 nitrogen and oxygen atoms in total. The molecule has 0 amide bonds. The number of aromatic carboxylic acids is 1. The van der Waals surface area contributed by atoms with Gasteiger partial charge in [0.05, 0.1) is 0 Å². The van der Waals surface area contributed by atoms with E-state index in [-0.39, 0.29) is 6.04 Å². The first kappa shape index (κ1) is 9.26. The molecule has 2 N–H and O–H groups in total. The van der Waals surface area contributed by atoms with Gasteiger partial charge in [-0.25, -0.2) is 4.79 Å². The van der Waals surface area contributed by atoms with Gasteiger partial charge >= 0.3 is 5.97 Å². The molecule has 0 unspecified atom stereocenters.